The highest BCUT2D eigenvalue weighted by molar-refractivity contribution is 6.16. The number of benzene rings is 4. The average Bonchev–Trinajstić information content (AvgIpc) is 2.68. The van der Waals surface area contributed by atoms with Gasteiger partial charge in [-0.05, 0) is 21.5 Å². The summed E-state index contributed by atoms with van der Waals surface area (Å²) in [6, 6.07) is 23.5. The molecule has 0 saturated heterocycles. The van der Waals surface area contributed by atoms with Crippen LogP contribution in [-0.4, -0.2) is 0 Å². The zero-order valence-electron chi connectivity index (χ0n) is 13.7. The van der Waals surface area contributed by atoms with Gasteiger partial charge in [0.2, 0.25) is 0 Å². The lowest BCUT2D eigenvalue weighted by Gasteiger charge is -2.11. The van der Waals surface area contributed by atoms with Crippen molar-refractivity contribution < 1.29 is 0 Å². The molecule has 0 aliphatic heterocycles. The van der Waals surface area contributed by atoms with Crippen LogP contribution in [0.4, 0.5) is 0 Å². The van der Waals surface area contributed by atoms with Crippen molar-refractivity contribution in [1.29, 1.82) is 0 Å². The van der Waals surface area contributed by atoms with Crippen molar-refractivity contribution >= 4 is 43.1 Å². The largest absolute Gasteiger partial charge is 0.288 e. The summed E-state index contributed by atoms with van der Waals surface area (Å²) in [5.41, 5.74) is -0.332. The average molecular weight is 332 g/mol. The molecule has 0 amide bonds. The van der Waals surface area contributed by atoms with E-state index in [0.29, 0.717) is 16.0 Å². The van der Waals surface area contributed by atoms with E-state index in [1.807, 2.05) is 72.8 Å². The van der Waals surface area contributed by atoms with Gasteiger partial charge in [-0.15, -0.1) is 0 Å². The summed E-state index contributed by atoms with van der Waals surface area (Å²) in [7, 11) is 0. The molecule has 0 saturated carbocycles. The monoisotopic (exact) mass is 332 g/mol. The van der Waals surface area contributed by atoms with Gasteiger partial charge < -0.3 is 0 Å². The first-order valence-corrected chi connectivity index (χ1v) is 8.63. The third kappa shape index (κ3) is 1.48. The molecule has 2 aliphatic carbocycles. The van der Waals surface area contributed by atoms with Gasteiger partial charge >= 0.3 is 0 Å². The molecule has 120 valence electrons. The molecular weight excluding hydrogens is 320 g/mol. The second kappa shape index (κ2) is 4.55. The third-order valence-corrected chi connectivity index (χ3v) is 5.54. The first kappa shape index (κ1) is 13.7. The van der Waals surface area contributed by atoms with Crippen molar-refractivity contribution in [3.63, 3.8) is 0 Å². The minimum absolute atomic E-state index is 0.166. The van der Waals surface area contributed by atoms with Gasteiger partial charge in [-0.2, -0.15) is 0 Å². The number of hydrogen-bond acceptors (Lipinski definition) is 2. The van der Waals surface area contributed by atoms with Crippen LogP contribution < -0.4 is 10.9 Å². The molecule has 6 rings (SSSR count). The Morgan fingerprint density at radius 3 is 1.23 bits per heavy atom. The van der Waals surface area contributed by atoms with Gasteiger partial charge in [0.25, 0.3) is 0 Å². The van der Waals surface area contributed by atoms with Gasteiger partial charge in [-0.25, -0.2) is 0 Å². The second-order valence-corrected chi connectivity index (χ2v) is 6.83. The van der Waals surface area contributed by atoms with Crippen LogP contribution in [-0.2, 0) is 0 Å². The lowest BCUT2D eigenvalue weighted by Crippen LogP contribution is -2.17. The van der Waals surface area contributed by atoms with E-state index in [-0.39, 0.29) is 10.9 Å². The lowest BCUT2D eigenvalue weighted by atomic mass is 9.91. The molecule has 0 atom stereocenters. The second-order valence-electron chi connectivity index (χ2n) is 6.83. The predicted molar refractivity (Wildman–Crippen MR) is 107 cm³/mol. The van der Waals surface area contributed by atoms with Crippen molar-refractivity contribution in [3.8, 4) is 0 Å². The Bertz CT molecular complexity index is 1530. The van der Waals surface area contributed by atoms with E-state index >= 15 is 0 Å². The summed E-state index contributed by atoms with van der Waals surface area (Å²) in [4.78, 5) is 26.6. The van der Waals surface area contributed by atoms with Gasteiger partial charge in [-0.1, -0.05) is 72.8 Å². The molecular formula is C24H12O2. The van der Waals surface area contributed by atoms with Crippen LogP contribution in [0.3, 0.4) is 0 Å². The number of rotatable bonds is 0. The molecule has 0 N–H and O–H groups in total. The fourth-order valence-electron chi connectivity index (χ4n) is 4.49. The van der Waals surface area contributed by atoms with Crippen molar-refractivity contribution in [2.45, 2.75) is 0 Å². The minimum atomic E-state index is -0.166. The van der Waals surface area contributed by atoms with E-state index in [1.165, 1.54) is 0 Å². The Morgan fingerprint density at radius 1 is 0.423 bits per heavy atom. The first-order valence-electron chi connectivity index (χ1n) is 8.63. The Kier molecular flexibility index (Phi) is 2.41. The van der Waals surface area contributed by atoms with Crippen molar-refractivity contribution in [1.82, 2.24) is 0 Å². The first-order chi connectivity index (χ1) is 12.8. The molecule has 0 aromatic heterocycles. The molecule has 0 unspecified atom stereocenters. The zero-order chi connectivity index (χ0) is 17.4. The molecule has 0 radical (unpaired) electrons. The van der Waals surface area contributed by atoms with Gasteiger partial charge in [0.15, 0.2) is 10.9 Å². The van der Waals surface area contributed by atoms with E-state index in [2.05, 4.69) is 0 Å². The topological polar surface area (TPSA) is 34.1 Å². The molecule has 0 spiro atoms. The molecule has 2 aliphatic rings. The fourth-order valence-corrected chi connectivity index (χ4v) is 4.49. The Morgan fingerprint density at radius 2 is 0.808 bits per heavy atom. The normalized spacial score (nSPS) is 12.2. The van der Waals surface area contributed by atoms with E-state index < -0.39 is 0 Å². The molecule has 2 heteroatoms. The molecule has 0 fully saturated rings. The summed E-state index contributed by atoms with van der Waals surface area (Å²) in [6.07, 6.45) is 0. The van der Waals surface area contributed by atoms with Crippen LogP contribution in [0.5, 0.6) is 0 Å². The quantitative estimate of drug-likeness (QED) is 0.407. The van der Waals surface area contributed by atoms with E-state index in [9.17, 15) is 9.59 Å². The summed E-state index contributed by atoms with van der Waals surface area (Å²) < 4.78 is 0. The number of fused-ring (bicyclic) bond motifs is 2. The Labute approximate surface area is 147 Å². The molecule has 4 aromatic rings. The predicted octanol–water partition coefficient (Wildman–Crippen LogP) is 4.62. The summed E-state index contributed by atoms with van der Waals surface area (Å²) in [5.74, 6) is 0. The van der Waals surface area contributed by atoms with Gasteiger partial charge in [0.1, 0.15) is 0 Å². The van der Waals surface area contributed by atoms with Gasteiger partial charge in [0, 0.05) is 26.8 Å². The highest BCUT2D eigenvalue weighted by Crippen LogP contribution is 2.31. The fraction of sp³-hybridized carbons (Fsp3) is 0. The molecule has 4 aromatic carbocycles. The lowest BCUT2D eigenvalue weighted by molar-refractivity contribution is 1.46. The van der Waals surface area contributed by atoms with Crippen molar-refractivity contribution in [2.75, 3.05) is 0 Å². The summed E-state index contributed by atoms with van der Waals surface area (Å²) in [6.45, 7) is 0. The third-order valence-electron chi connectivity index (χ3n) is 5.54. The van der Waals surface area contributed by atoms with Crippen LogP contribution in [0.25, 0.3) is 43.1 Å². The van der Waals surface area contributed by atoms with Gasteiger partial charge in [0.05, 0.1) is 5.22 Å². The van der Waals surface area contributed by atoms with Crippen LogP contribution in [0.15, 0.2) is 82.4 Å². The minimum Gasteiger partial charge on any atom is -0.288 e. The van der Waals surface area contributed by atoms with E-state index in [0.717, 1.165) is 37.5 Å². The molecule has 0 bridgehead atoms. The van der Waals surface area contributed by atoms with Crippen LogP contribution in [0.2, 0.25) is 0 Å². The molecule has 2 nitrogen and oxygen atoms in total. The maximum atomic E-state index is 13.3. The Balaban J connectivity index is 2.21. The number of hydrogen-bond donors (Lipinski definition) is 0. The van der Waals surface area contributed by atoms with Crippen LogP contribution in [0, 0.1) is 10.4 Å². The maximum Gasteiger partial charge on any atom is 0.198 e. The van der Waals surface area contributed by atoms with Crippen LogP contribution in [0.1, 0.15) is 0 Å². The molecule has 26 heavy (non-hydrogen) atoms. The Hall–Kier alpha value is -3.52. The van der Waals surface area contributed by atoms with Gasteiger partial charge in [-0.3, -0.25) is 9.59 Å². The highest BCUT2D eigenvalue weighted by atomic mass is 16.1. The summed E-state index contributed by atoms with van der Waals surface area (Å²) in [5, 5.41) is 8.23. The smallest absolute Gasteiger partial charge is 0.198 e. The maximum absolute atomic E-state index is 13.3. The van der Waals surface area contributed by atoms with Crippen molar-refractivity contribution in [2.24, 2.45) is 0 Å². The van der Waals surface area contributed by atoms with E-state index in [4.69, 9.17) is 0 Å². The van der Waals surface area contributed by atoms with Crippen molar-refractivity contribution in [3.05, 3.63) is 104 Å². The zero-order valence-corrected chi connectivity index (χ0v) is 13.7. The van der Waals surface area contributed by atoms with Crippen LogP contribution >= 0.6 is 0 Å². The molecule has 0 heterocycles. The SMILES string of the molecule is O=c1c2c(=O)c3cccc4cccc(c=2c2cccc5cccc1c52)c43. The standard InChI is InChI=1S/C24H12O2/c25-23-17-11-3-7-13-5-1-9-15(19(13)17)21-16-10-2-6-14-8-4-12-18(20(14)16)24(26)22(21)23/h1-12H. The summed E-state index contributed by atoms with van der Waals surface area (Å²) >= 11 is 0. The highest BCUT2D eigenvalue weighted by Gasteiger charge is 2.16. The van der Waals surface area contributed by atoms with E-state index in [1.54, 1.807) is 0 Å².